The van der Waals surface area contributed by atoms with Crippen LogP contribution in [-0.4, -0.2) is 33.0 Å². The molecule has 0 aliphatic rings. The molecule has 0 saturated heterocycles. The van der Waals surface area contributed by atoms with Gasteiger partial charge in [-0.3, -0.25) is 5.10 Å². The van der Waals surface area contributed by atoms with Crippen LogP contribution in [0.15, 0.2) is 5.16 Å². The molecule has 0 radical (unpaired) electrons. The van der Waals surface area contributed by atoms with Crippen LogP contribution in [-0.2, 0) is 0 Å². The molecule has 4 nitrogen and oxygen atoms in total. The summed E-state index contributed by atoms with van der Waals surface area (Å²) in [5.74, 6) is 0.871. The van der Waals surface area contributed by atoms with Gasteiger partial charge in [-0.25, -0.2) is 4.98 Å². The summed E-state index contributed by atoms with van der Waals surface area (Å²) in [6, 6.07) is 0.476. The Morgan fingerprint density at radius 1 is 1.50 bits per heavy atom. The lowest BCUT2D eigenvalue weighted by Crippen LogP contribution is -2.33. The lowest BCUT2D eigenvalue weighted by Gasteiger charge is -2.18. The normalized spacial score (nSPS) is 15.4. The minimum Gasteiger partial charge on any atom is -0.313 e. The molecule has 0 aliphatic carbocycles. The van der Waals surface area contributed by atoms with Crippen molar-refractivity contribution in [1.82, 2.24) is 20.5 Å². The van der Waals surface area contributed by atoms with Gasteiger partial charge in [0.15, 0.2) is 0 Å². The fourth-order valence-electron chi connectivity index (χ4n) is 1.13. The van der Waals surface area contributed by atoms with Crippen molar-refractivity contribution in [3.05, 3.63) is 5.82 Å². The fraction of sp³-hybridized carbons (Fsp3) is 0.778. The average molecular weight is 214 g/mol. The van der Waals surface area contributed by atoms with Crippen LogP contribution in [0.2, 0.25) is 0 Å². The van der Waals surface area contributed by atoms with Crippen LogP contribution in [0.3, 0.4) is 0 Å². The van der Waals surface area contributed by atoms with E-state index in [-0.39, 0.29) is 0 Å². The third-order valence-corrected chi connectivity index (χ3v) is 3.27. The molecule has 5 heteroatoms. The quantitative estimate of drug-likeness (QED) is 0.731. The van der Waals surface area contributed by atoms with Crippen LogP contribution in [0.4, 0.5) is 0 Å². The van der Waals surface area contributed by atoms with E-state index in [2.05, 4.69) is 41.3 Å². The highest BCUT2D eigenvalue weighted by Gasteiger charge is 2.14. The second-order valence-electron chi connectivity index (χ2n) is 3.37. The number of thioether (sulfide) groups is 1. The standard InChI is InChI=1S/C9H18N4S/c1-5-10-6(2)7(3)14-9-11-8(4)12-13-9/h6-7,10H,5H2,1-4H3,(H,11,12,13). The average Bonchev–Trinajstić information content (AvgIpc) is 2.51. The summed E-state index contributed by atoms with van der Waals surface area (Å²) in [6.07, 6.45) is 0. The molecule has 1 heterocycles. The van der Waals surface area contributed by atoms with Crippen molar-refractivity contribution in [3.8, 4) is 0 Å². The number of aromatic amines is 1. The Morgan fingerprint density at radius 3 is 2.71 bits per heavy atom. The van der Waals surface area contributed by atoms with Gasteiger partial charge in [0.05, 0.1) is 0 Å². The van der Waals surface area contributed by atoms with Crippen LogP contribution in [0.25, 0.3) is 0 Å². The molecule has 80 valence electrons. The summed E-state index contributed by atoms with van der Waals surface area (Å²) < 4.78 is 0. The van der Waals surface area contributed by atoms with Gasteiger partial charge in [0.25, 0.3) is 0 Å². The van der Waals surface area contributed by atoms with Crippen molar-refractivity contribution < 1.29 is 0 Å². The summed E-state index contributed by atoms with van der Waals surface area (Å²) in [6.45, 7) is 9.39. The summed E-state index contributed by atoms with van der Waals surface area (Å²) in [7, 11) is 0. The van der Waals surface area contributed by atoms with Gasteiger partial charge in [0, 0.05) is 11.3 Å². The van der Waals surface area contributed by atoms with Crippen molar-refractivity contribution in [1.29, 1.82) is 0 Å². The number of nitrogens with zero attached hydrogens (tertiary/aromatic N) is 2. The van der Waals surface area contributed by atoms with Crippen LogP contribution in [0, 0.1) is 6.92 Å². The molecule has 0 saturated carbocycles. The number of rotatable bonds is 5. The number of aryl methyl sites for hydroxylation is 1. The molecule has 2 N–H and O–H groups in total. The van der Waals surface area contributed by atoms with Crippen LogP contribution < -0.4 is 5.32 Å². The predicted octanol–water partition coefficient (Wildman–Crippen LogP) is 1.59. The van der Waals surface area contributed by atoms with Crippen LogP contribution >= 0.6 is 11.8 Å². The minimum absolute atomic E-state index is 0.476. The monoisotopic (exact) mass is 214 g/mol. The van der Waals surface area contributed by atoms with E-state index in [1.54, 1.807) is 11.8 Å². The van der Waals surface area contributed by atoms with E-state index >= 15 is 0 Å². The van der Waals surface area contributed by atoms with Gasteiger partial charge < -0.3 is 5.32 Å². The fourth-order valence-corrected chi connectivity index (χ4v) is 2.05. The summed E-state index contributed by atoms with van der Waals surface area (Å²) in [5.41, 5.74) is 0. The van der Waals surface area contributed by atoms with E-state index in [0.717, 1.165) is 17.5 Å². The maximum absolute atomic E-state index is 4.26. The number of hydrogen-bond acceptors (Lipinski definition) is 4. The molecular weight excluding hydrogens is 196 g/mol. The topological polar surface area (TPSA) is 53.6 Å². The van der Waals surface area contributed by atoms with E-state index < -0.39 is 0 Å². The number of nitrogens with one attached hydrogen (secondary N) is 2. The molecular formula is C9H18N4S. The second kappa shape index (κ2) is 5.36. The molecule has 0 bridgehead atoms. The van der Waals surface area contributed by atoms with Crippen LogP contribution in [0.1, 0.15) is 26.6 Å². The van der Waals surface area contributed by atoms with Crippen molar-refractivity contribution in [2.24, 2.45) is 0 Å². The molecule has 0 fully saturated rings. The lowest BCUT2D eigenvalue weighted by atomic mass is 10.2. The molecule has 0 aliphatic heterocycles. The third-order valence-electron chi connectivity index (χ3n) is 2.10. The highest BCUT2D eigenvalue weighted by molar-refractivity contribution is 7.99. The Balaban J connectivity index is 2.43. The summed E-state index contributed by atoms with van der Waals surface area (Å²) >= 11 is 1.70. The molecule has 0 spiro atoms. The van der Waals surface area contributed by atoms with E-state index in [1.807, 2.05) is 6.92 Å². The van der Waals surface area contributed by atoms with E-state index in [4.69, 9.17) is 0 Å². The van der Waals surface area contributed by atoms with Gasteiger partial charge in [-0.1, -0.05) is 25.6 Å². The van der Waals surface area contributed by atoms with Gasteiger partial charge in [0.2, 0.25) is 5.16 Å². The smallest absolute Gasteiger partial charge is 0.208 e. The zero-order chi connectivity index (χ0) is 10.6. The Morgan fingerprint density at radius 2 is 2.21 bits per heavy atom. The third kappa shape index (κ3) is 3.31. The van der Waals surface area contributed by atoms with Gasteiger partial charge in [-0.2, -0.15) is 0 Å². The molecule has 1 aromatic rings. The molecule has 2 atom stereocenters. The van der Waals surface area contributed by atoms with Gasteiger partial charge in [0.1, 0.15) is 5.82 Å². The Kier molecular flexibility index (Phi) is 4.41. The Hall–Kier alpha value is -0.550. The highest BCUT2D eigenvalue weighted by atomic mass is 32.2. The van der Waals surface area contributed by atoms with Crippen molar-refractivity contribution in [2.75, 3.05) is 6.54 Å². The molecule has 1 rings (SSSR count). The second-order valence-corrected chi connectivity index (χ2v) is 4.72. The maximum atomic E-state index is 4.26. The molecule has 0 aromatic carbocycles. The molecule has 0 amide bonds. The Labute approximate surface area is 89.3 Å². The zero-order valence-electron chi connectivity index (χ0n) is 9.16. The number of aromatic nitrogens is 3. The van der Waals surface area contributed by atoms with E-state index in [1.165, 1.54) is 0 Å². The van der Waals surface area contributed by atoms with Gasteiger partial charge in [-0.05, 0) is 20.4 Å². The summed E-state index contributed by atoms with van der Waals surface area (Å²) in [4.78, 5) is 4.26. The first kappa shape index (κ1) is 11.5. The predicted molar refractivity (Wildman–Crippen MR) is 59.6 cm³/mol. The zero-order valence-corrected chi connectivity index (χ0v) is 9.98. The molecule has 2 unspecified atom stereocenters. The number of hydrogen-bond donors (Lipinski definition) is 2. The largest absolute Gasteiger partial charge is 0.313 e. The van der Waals surface area contributed by atoms with Crippen molar-refractivity contribution >= 4 is 11.8 Å². The molecule has 1 aromatic heterocycles. The van der Waals surface area contributed by atoms with Crippen molar-refractivity contribution in [3.63, 3.8) is 0 Å². The van der Waals surface area contributed by atoms with E-state index in [9.17, 15) is 0 Å². The minimum atomic E-state index is 0.476. The summed E-state index contributed by atoms with van der Waals surface area (Å²) in [5, 5.41) is 11.6. The highest BCUT2D eigenvalue weighted by Crippen LogP contribution is 2.21. The first-order chi connectivity index (χ1) is 6.63. The lowest BCUT2D eigenvalue weighted by molar-refractivity contribution is 0.562. The first-order valence-electron chi connectivity index (χ1n) is 4.92. The van der Waals surface area contributed by atoms with Crippen LogP contribution in [0.5, 0.6) is 0 Å². The molecule has 14 heavy (non-hydrogen) atoms. The SMILES string of the molecule is CCNC(C)C(C)Sc1n[nH]c(C)n1. The van der Waals surface area contributed by atoms with Crippen molar-refractivity contribution in [2.45, 2.75) is 44.1 Å². The Bertz CT molecular complexity index is 274. The maximum Gasteiger partial charge on any atom is 0.208 e. The van der Waals surface area contributed by atoms with E-state index in [0.29, 0.717) is 11.3 Å². The number of H-pyrrole nitrogens is 1. The first-order valence-corrected chi connectivity index (χ1v) is 5.80. The van der Waals surface area contributed by atoms with Gasteiger partial charge >= 0.3 is 0 Å². The van der Waals surface area contributed by atoms with Gasteiger partial charge in [-0.15, -0.1) is 5.10 Å².